The van der Waals surface area contributed by atoms with E-state index >= 15 is 0 Å². The maximum absolute atomic E-state index is 12.7. The number of aromatic hydroxyl groups is 1. The SMILES string of the molecule is O=S(=O)(c1ccc(O)cc1)C1CCN(CCOCc2ccccc2)C1. The molecule has 1 saturated heterocycles. The molecular weight excluding hydrogens is 338 g/mol. The van der Waals surface area contributed by atoms with Gasteiger partial charge in [0.1, 0.15) is 5.75 Å². The van der Waals surface area contributed by atoms with Crippen molar-refractivity contribution >= 4 is 9.84 Å². The molecule has 0 amide bonds. The van der Waals surface area contributed by atoms with Gasteiger partial charge in [-0.1, -0.05) is 30.3 Å². The van der Waals surface area contributed by atoms with E-state index in [1.165, 1.54) is 24.3 Å². The summed E-state index contributed by atoms with van der Waals surface area (Å²) in [7, 11) is -3.36. The molecule has 0 spiro atoms. The van der Waals surface area contributed by atoms with Gasteiger partial charge in [0.2, 0.25) is 0 Å². The minimum absolute atomic E-state index is 0.0718. The third-order valence-electron chi connectivity index (χ3n) is 4.50. The Bertz CT molecular complexity index is 775. The monoisotopic (exact) mass is 361 g/mol. The van der Waals surface area contributed by atoms with Crippen molar-refractivity contribution in [1.29, 1.82) is 0 Å². The molecule has 0 saturated carbocycles. The largest absolute Gasteiger partial charge is 0.508 e. The molecule has 1 N–H and O–H groups in total. The Morgan fingerprint density at radius 2 is 1.80 bits per heavy atom. The van der Waals surface area contributed by atoms with Gasteiger partial charge in [0.25, 0.3) is 0 Å². The number of hydrogen-bond acceptors (Lipinski definition) is 5. The lowest BCUT2D eigenvalue weighted by Crippen LogP contribution is -2.29. The van der Waals surface area contributed by atoms with E-state index in [-0.39, 0.29) is 10.6 Å². The summed E-state index contributed by atoms with van der Waals surface area (Å²) in [6.07, 6.45) is 0.627. The van der Waals surface area contributed by atoms with Gasteiger partial charge in [-0.3, -0.25) is 4.90 Å². The van der Waals surface area contributed by atoms with Crippen molar-refractivity contribution in [3.05, 3.63) is 60.2 Å². The molecule has 0 aromatic heterocycles. The number of phenols is 1. The standard InChI is InChI=1S/C19H23NO4S/c21-17-6-8-18(9-7-17)25(22,23)19-10-11-20(14-19)12-13-24-15-16-4-2-1-3-5-16/h1-9,19,21H,10-15H2. The zero-order valence-electron chi connectivity index (χ0n) is 14.0. The van der Waals surface area contributed by atoms with Crippen LogP contribution in [0.25, 0.3) is 0 Å². The second kappa shape index (κ2) is 7.99. The first-order valence-corrected chi connectivity index (χ1v) is 9.97. The number of phenolic OH excluding ortho intramolecular Hbond substituents is 1. The first kappa shape index (κ1) is 17.9. The first-order chi connectivity index (χ1) is 12.1. The summed E-state index contributed by atoms with van der Waals surface area (Å²) < 4.78 is 31.0. The number of hydrogen-bond donors (Lipinski definition) is 1. The number of ether oxygens (including phenoxy) is 1. The maximum atomic E-state index is 12.7. The molecule has 1 aliphatic heterocycles. The van der Waals surface area contributed by atoms with Crippen LogP contribution in [0.1, 0.15) is 12.0 Å². The van der Waals surface area contributed by atoms with Crippen molar-refractivity contribution < 1.29 is 18.3 Å². The fourth-order valence-corrected chi connectivity index (χ4v) is 4.76. The second-order valence-electron chi connectivity index (χ2n) is 6.29. The molecule has 0 radical (unpaired) electrons. The Balaban J connectivity index is 1.47. The molecule has 134 valence electrons. The molecule has 2 aromatic rings. The lowest BCUT2D eigenvalue weighted by atomic mass is 10.2. The van der Waals surface area contributed by atoms with Crippen LogP contribution >= 0.6 is 0 Å². The normalized spacial score (nSPS) is 18.5. The van der Waals surface area contributed by atoms with Crippen LogP contribution in [0.5, 0.6) is 5.75 Å². The van der Waals surface area contributed by atoms with Gasteiger partial charge in [-0.25, -0.2) is 8.42 Å². The van der Waals surface area contributed by atoms with Gasteiger partial charge in [-0.15, -0.1) is 0 Å². The second-order valence-corrected chi connectivity index (χ2v) is 8.52. The highest BCUT2D eigenvalue weighted by Crippen LogP contribution is 2.25. The zero-order valence-corrected chi connectivity index (χ0v) is 14.9. The van der Waals surface area contributed by atoms with E-state index < -0.39 is 15.1 Å². The number of nitrogens with zero attached hydrogens (tertiary/aromatic N) is 1. The van der Waals surface area contributed by atoms with Crippen molar-refractivity contribution in [3.8, 4) is 5.75 Å². The predicted octanol–water partition coefficient (Wildman–Crippen LogP) is 2.46. The molecule has 1 atom stereocenters. The molecule has 0 bridgehead atoms. The number of sulfone groups is 1. The quantitative estimate of drug-likeness (QED) is 0.768. The lowest BCUT2D eigenvalue weighted by Gasteiger charge is -2.16. The van der Waals surface area contributed by atoms with Crippen LogP contribution in [0.3, 0.4) is 0 Å². The summed E-state index contributed by atoms with van der Waals surface area (Å²) >= 11 is 0. The van der Waals surface area contributed by atoms with Gasteiger partial charge in [0.15, 0.2) is 9.84 Å². The topological polar surface area (TPSA) is 66.8 Å². The highest BCUT2D eigenvalue weighted by Gasteiger charge is 2.33. The minimum Gasteiger partial charge on any atom is -0.508 e. The van der Waals surface area contributed by atoms with Gasteiger partial charge in [-0.05, 0) is 42.8 Å². The van der Waals surface area contributed by atoms with Gasteiger partial charge in [0, 0.05) is 13.1 Å². The maximum Gasteiger partial charge on any atom is 0.182 e. The Morgan fingerprint density at radius 3 is 2.52 bits per heavy atom. The van der Waals surface area contributed by atoms with Gasteiger partial charge >= 0.3 is 0 Å². The highest BCUT2D eigenvalue weighted by atomic mass is 32.2. The molecule has 0 aliphatic carbocycles. The van der Waals surface area contributed by atoms with Crippen molar-refractivity contribution in [1.82, 2.24) is 4.90 Å². The summed E-state index contributed by atoms with van der Waals surface area (Å²) in [5.41, 5.74) is 1.14. The zero-order chi connectivity index (χ0) is 17.7. The summed E-state index contributed by atoms with van der Waals surface area (Å²) in [5.74, 6) is 0.0718. The van der Waals surface area contributed by atoms with Crippen molar-refractivity contribution in [2.24, 2.45) is 0 Å². The molecule has 1 unspecified atom stereocenters. The van der Waals surface area contributed by atoms with E-state index in [0.717, 1.165) is 18.7 Å². The lowest BCUT2D eigenvalue weighted by molar-refractivity contribution is 0.0993. The minimum atomic E-state index is -3.36. The summed E-state index contributed by atoms with van der Waals surface area (Å²) in [6, 6.07) is 15.8. The number of likely N-dealkylation sites (tertiary alicyclic amines) is 1. The van der Waals surface area contributed by atoms with E-state index in [0.29, 0.717) is 26.2 Å². The van der Waals surface area contributed by atoms with E-state index in [2.05, 4.69) is 4.90 Å². The van der Waals surface area contributed by atoms with Crippen LogP contribution in [-0.2, 0) is 21.2 Å². The summed E-state index contributed by atoms with van der Waals surface area (Å²) in [5, 5.41) is 8.92. The third kappa shape index (κ3) is 4.60. The molecule has 25 heavy (non-hydrogen) atoms. The summed E-state index contributed by atoms with van der Waals surface area (Å²) in [4.78, 5) is 2.41. The average molecular weight is 361 g/mol. The van der Waals surface area contributed by atoms with Crippen molar-refractivity contribution in [2.45, 2.75) is 23.2 Å². The molecule has 6 heteroatoms. The van der Waals surface area contributed by atoms with Gasteiger partial charge in [-0.2, -0.15) is 0 Å². The van der Waals surface area contributed by atoms with Gasteiger partial charge in [0.05, 0.1) is 23.4 Å². The van der Waals surface area contributed by atoms with Crippen LogP contribution in [0.15, 0.2) is 59.5 Å². The van der Waals surface area contributed by atoms with Gasteiger partial charge < -0.3 is 9.84 Å². The molecule has 1 heterocycles. The third-order valence-corrected chi connectivity index (χ3v) is 6.69. The number of benzene rings is 2. The van der Waals surface area contributed by atoms with E-state index in [1.54, 1.807) is 0 Å². The predicted molar refractivity (Wildman–Crippen MR) is 96.2 cm³/mol. The molecule has 5 nitrogen and oxygen atoms in total. The van der Waals surface area contributed by atoms with Crippen LogP contribution in [-0.4, -0.2) is 49.9 Å². The average Bonchev–Trinajstić information content (AvgIpc) is 3.10. The highest BCUT2D eigenvalue weighted by molar-refractivity contribution is 7.92. The molecule has 2 aromatic carbocycles. The Morgan fingerprint density at radius 1 is 1.08 bits per heavy atom. The van der Waals surface area contributed by atoms with E-state index in [4.69, 9.17) is 4.74 Å². The fourth-order valence-electron chi connectivity index (χ4n) is 3.04. The Hall–Kier alpha value is -1.89. The van der Waals surface area contributed by atoms with Crippen LogP contribution in [0.4, 0.5) is 0 Å². The van der Waals surface area contributed by atoms with Crippen molar-refractivity contribution in [3.63, 3.8) is 0 Å². The Labute approximate surface area is 148 Å². The van der Waals surface area contributed by atoms with E-state index in [1.807, 2.05) is 30.3 Å². The van der Waals surface area contributed by atoms with E-state index in [9.17, 15) is 13.5 Å². The van der Waals surface area contributed by atoms with Crippen LogP contribution in [0, 0.1) is 0 Å². The number of rotatable bonds is 7. The van der Waals surface area contributed by atoms with Crippen molar-refractivity contribution in [2.75, 3.05) is 26.2 Å². The molecular formula is C19H23NO4S. The van der Waals surface area contributed by atoms with Crippen LogP contribution < -0.4 is 0 Å². The van der Waals surface area contributed by atoms with Crippen LogP contribution in [0.2, 0.25) is 0 Å². The molecule has 1 aliphatic rings. The Kier molecular flexibility index (Phi) is 5.73. The molecule has 3 rings (SSSR count). The molecule has 1 fully saturated rings. The fraction of sp³-hybridized carbons (Fsp3) is 0.368. The first-order valence-electron chi connectivity index (χ1n) is 8.42. The summed E-state index contributed by atoms with van der Waals surface area (Å²) in [6.45, 7) is 3.17. The smallest absolute Gasteiger partial charge is 0.182 e.